The molecule has 2 aromatic carbocycles. The molecule has 2 aromatic rings. The second kappa shape index (κ2) is 6.62. The number of amides is 1. The molecule has 0 radical (unpaired) electrons. The first kappa shape index (κ1) is 16.0. The summed E-state index contributed by atoms with van der Waals surface area (Å²) in [6, 6.07) is 12.9. The number of hydrogen-bond donors (Lipinski definition) is 1. The number of sulfone groups is 1. The Balaban J connectivity index is 2.15. The van der Waals surface area contributed by atoms with Crippen LogP contribution >= 0.6 is 0 Å². The average molecular weight is 319 g/mol. The Hall–Kier alpha value is -2.34. The molecule has 0 unspecified atom stereocenters. The van der Waals surface area contributed by atoms with E-state index in [9.17, 15) is 13.2 Å². The van der Waals surface area contributed by atoms with Crippen molar-refractivity contribution in [3.63, 3.8) is 0 Å². The molecule has 0 fully saturated rings. The second-order valence-corrected chi connectivity index (χ2v) is 6.73. The van der Waals surface area contributed by atoms with Crippen molar-refractivity contribution in [1.82, 2.24) is 0 Å². The van der Waals surface area contributed by atoms with E-state index in [1.165, 1.54) is 12.1 Å². The summed E-state index contributed by atoms with van der Waals surface area (Å²) in [5.41, 5.74) is 0.898. The quantitative estimate of drug-likeness (QED) is 0.920. The van der Waals surface area contributed by atoms with E-state index in [4.69, 9.17) is 4.74 Å². The Kier molecular flexibility index (Phi) is 4.82. The van der Waals surface area contributed by atoms with E-state index in [0.29, 0.717) is 12.3 Å². The number of rotatable bonds is 5. The van der Waals surface area contributed by atoms with E-state index in [1.54, 1.807) is 36.4 Å². The molecule has 0 atom stereocenters. The van der Waals surface area contributed by atoms with Crippen LogP contribution in [0.4, 0.5) is 5.69 Å². The van der Waals surface area contributed by atoms with Gasteiger partial charge in [0.1, 0.15) is 5.75 Å². The van der Waals surface area contributed by atoms with Crippen LogP contribution in [0.5, 0.6) is 5.75 Å². The van der Waals surface area contributed by atoms with Crippen molar-refractivity contribution >= 4 is 21.4 Å². The van der Waals surface area contributed by atoms with Crippen LogP contribution in [0.15, 0.2) is 53.4 Å². The highest BCUT2D eigenvalue weighted by atomic mass is 32.2. The molecular weight excluding hydrogens is 302 g/mol. The van der Waals surface area contributed by atoms with E-state index in [2.05, 4.69) is 5.32 Å². The fraction of sp³-hybridized carbons (Fsp3) is 0.188. The highest BCUT2D eigenvalue weighted by molar-refractivity contribution is 7.90. The predicted octanol–water partition coefficient (Wildman–Crippen LogP) is 2.74. The summed E-state index contributed by atoms with van der Waals surface area (Å²) < 4.78 is 28.4. The van der Waals surface area contributed by atoms with Crippen LogP contribution in [0.1, 0.15) is 17.3 Å². The molecule has 0 saturated heterocycles. The van der Waals surface area contributed by atoms with E-state index >= 15 is 0 Å². The van der Waals surface area contributed by atoms with Gasteiger partial charge in [0.15, 0.2) is 9.84 Å². The Labute approximate surface area is 129 Å². The number of nitrogens with one attached hydrogen (secondary N) is 1. The highest BCUT2D eigenvalue weighted by Gasteiger charge is 2.11. The summed E-state index contributed by atoms with van der Waals surface area (Å²) in [7, 11) is -3.34. The molecule has 0 spiro atoms. The fourth-order valence-corrected chi connectivity index (χ4v) is 2.54. The predicted molar refractivity (Wildman–Crippen MR) is 85.1 cm³/mol. The minimum Gasteiger partial charge on any atom is -0.494 e. The van der Waals surface area contributed by atoms with Gasteiger partial charge >= 0.3 is 0 Å². The summed E-state index contributed by atoms with van der Waals surface area (Å²) in [5.74, 6) is 0.356. The van der Waals surface area contributed by atoms with Crippen LogP contribution in [0.2, 0.25) is 0 Å². The number of carbonyl (C=O) groups excluding carboxylic acids is 1. The van der Waals surface area contributed by atoms with Gasteiger partial charge in [-0.2, -0.15) is 0 Å². The first-order valence-electron chi connectivity index (χ1n) is 6.74. The molecule has 1 amide bonds. The van der Waals surface area contributed by atoms with Gasteiger partial charge in [0.05, 0.1) is 11.5 Å². The topological polar surface area (TPSA) is 72.5 Å². The van der Waals surface area contributed by atoms with Crippen molar-refractivity contribution < 1.29 is 17.9 Å². The lowest BCUT2D eigenvalue weighted by molar-refractivity contribution is 0.102. The van der Waals surface area contributed by atoms with E-state index < -0.39 is 9.84 Å². The maximum absolute atomic E-state index is 12.2. The molecule has 116 valence electrons. The third-order valence-corrected chi connectivity index (χ3v) is 4.06. The molecule has 6 heteroatoms. The lowest BCUT2D eigenvalue weighted by atomic mass is 10.2. The van der Waals surface area contributed by atoms with Gasteiger partial charge in [0, 0.05) is 17.5 Å². The van der Waals surface area contributed by atoms with Gasteiger partial charge in [-0.3, -0.25) is 4.79 Å². The lowest BCUT2D eigenvalue weighted by Crippen LogP contribution is -2.12. The highest BCUT2D eigenvalue weighted by Crippen LogP contribution is 2.17. The maximum Gasteiger partial charge on any atom is 0.255 e. The number of benzene rings is 2. The zero-order chi connectivity index (χ0) is 16.2. The maximum atomic E-state index is 12.2. The fourth-order valence-electron chi connectivity index (χ4n) is 1.87. The van der Waals surface area contributed by atoms with Crippen LogP contribution in [-0.2, 0) is 9.84 Å². The smallest absolute Gasteiger partial charge is 0.255 e. The van der Waals surface area contributed by atoms with E-state index in [0.717, 1.165) is 12.0 Å². The minimum absolute atomic E-state index is 0.117. The Morgan fingerprint density at radius 3 is 2.41 bits per heavy atom. The van der Waals surface area contributed by atoms with Crippen molar-refractivity contribution in [1.29, 1.82) is 0 Å². The molecule has 0 aromatic heterocycles. The third kappa shape index (κ3) is 4.08. The van der Waals surface area contributed by atoms with Crippen molar-refractivity contribution in [3.05, 3.63) is 54.1 Å². The molecule has 2 rings (SSSR count). The Morgan fingerprint density at radius 2 is 1.82 bits per heavy atom. The Morgan fingerprint density at radius 1 is 1.14 bits per heavy atom. The molecule has 0 bridgehead atoms. The first-order valence-corrected chi connectivity index (χ1v) is 8.63. The molecule has 5 nitrogen and oxygen atoms in total. The van der Waals surface area contributed by atoms with Gasteiger partial charge in [-0.1, -0.05) is 6.07 Å². The molecule has 0 aliphatic rings. The number of hydrogen-bond acceptors (Lipinski definition) is 4. The molecule has 22 heavy (non-hydrogen) atoms. The standard InChI is InChI=1S/C16H17NO4S/c1-3-21-14-9-7-13(8-10-14)17-16(18)12-5-4-6-15(11-12)22(2,19)20/h4-11H,3H2,1-2H3,(H,17,18). The second-order valence-electron chi connectivity index (χ2n) is 4.71. The number of ether oxygens (including phenoxy) is 1. The third-order valence-electron chi connectivity index (χ3n) is 2.95. The summed E-state index contributed by atoms with van der Waals surface area (Å²) in [4.78, 5) is 12.3. The summed E-state index contributed by atoms with van der Waals surface area (Å²) in [6.07, 6.45) is 1.11. The molecule has 0 aliphatic carbocycles. The van der Waals surface area contributed by atoms with Crippen molar-refractivity contribution in [2.45, 2.75) is 11.8 Å². The van der Waals surface area contributed by atoms with Crippen LogP contribution in [0, 0.1) is 0 Å². The number of carbonyl (C=O) groups is 1. The molecule has 0 aliphatic heterocycles. The first-order chi connectivity index (χ1) is 10.4. The van der Waals surface area contributed by atoms with Crippen molar-refractivity contribution in [2.75, 3.05) is 18.2 Å². The van der Waals surface area contributed by atoms with Crippen LogP contribution in [0.25, 0.3) is 0 Å². The summed E-state index contributed by atoms with van der Waals surface area (Å²) in [5, 5.41) is 2.72. The monoisotopic (exact) mass is 319 g/mol. The van der Waals surface area contributed by atoms with Crippen molar-refractivity contribution in [3.8, 4) is 5.75 Å². The average Bonchev–Trinajstić information content (AvgIpc) is 2.49. The Bertz CT molecular complexity index is 767. The van der Waals surface area contributed by atoms with Crippen LogP contribution in [0.3, 0.4) is 0 Å². The summed E-state index contributed by atoms with van der Waals surface area (Å²) in [6.45, 7) is 2.47. The van der Waals surface area contributed by atoms with Crippen molar-refractivity contribution in [2.24, 2.45) is 0 Å². The van der Waals surface area contributed by atoms with Gasteiger partial charge < -0.3 is 10.1 Å². The van der Waals surface area contributed by atoms with Gasteiger partial charge in [-0.15, -0.1) is 0 Å². The van der Waals surface area contributed by atoms with Crippen LogP contribution in [-0.4, -0.2) is 27.2 Å². The zero-order valence-corrected chi connectivity index (χ0v) is 13.2. The lowest BCUT2D eigenvalue weighted by Gasteiger charge is -2.08. The minimum atomic E-state index is -3.34. The SMILES string of the molecule is CCOc1ccc(NC(=O)c2cccc(S(C)(=O)=O)c2)cc1. The van der Waals surface area contributed by atoms with Gasteiger partial charge in [-0.25, -0.2) is 8.42 Å². The summed E-state index contributed by atoms with van der Waals surface area (Å²) >= 11 is 0. The van der Waals surface area contributed by atoms with E-state index in [1.807, 2.05) is 6.92 Å². The normalized spacial score (nSPS) is 11.0. The molecular formula is C16H17NO4S. The molecule has 1 N–H and O–H groups in total. The van der Waals surface area contributed by atoms with E-state index in [-0.39, 0.29) is 16.4 Å². The zero-order valence-electron chi connectivity index (χ0n) is 12.4. The largest absolute Gasteiger partial charge is 0.494 e. The van der Waals surface area contributed by atoms with Gasteiger partial charge in [0.25, 0.3) is 5.91 Å². The van der Waals surface area contributed by atoms with Gasteiger partial charge in [0.2, 0.25) is 0 Å². The van der Waals surface area contributed by atoms with Gasteiger partial charge in [-0.05, 0) is 49.4 Å². The number of anilines is 1. The molecule has 0 heterocycles. The van der Waals surface area contributed by atoms with Crippen LogP contribution < -0.4 is 10.1 Å². The molecule has 0 saturated carbocycles.